The zero-order valence-corrected chi connectivity index (χ0v) is 12.6. The van der Waals surface area contributed by atoms with Crippen molar-refractivity contribution in [1.82, 2.24) is 4.90 Å². The van der Waals surface area contributed by atoms with Crippen LogP contribution in [-0.2, 0) is 6.54 Å². The van der Waals surface area contributed by atoms with E-state index in [-0.39, 0.29) is 30.3 Å². The zero-order valence-electron chi connectivity index (χ0n) is 11.0. The molecule has 2 fully saturated rings. The van der Waals surface area contributed by atoms with Gasteiger partial charge in [0.05, 0.1) is 0 Å². The van der Waals surface area contributed by atoms with Crippen molar-refractivity contribution in [3.05, 3.63) is 35.9 Å². The van der Waals surface area contributed by atoms with E-state index in [0.717, 1.165) is 18.6 Å². The maximum absolute atomic E-state index is 6.08. The molecule has 3 atom stereocenters. The van der Waals surface area contributed by atoms with Crippen molar-refractivity contribution in [1.29, 1.82) is 0 Å². The highest BCUT2D eigenvalue weighted by Gasteiger charge is 2.39. The molecule has 3 rings (SSSR count). The van der Waals surface area contributed by atoms with Crippen LogP contribution < -0.4 is 5.73 Å². The molecule has 5 heteroatoms. The quantitative estimate of drug-likeness (QED) is 0.910. The molecule has 0 saturated carbocycles. The van der Waals surface area contributed by atoms with Crippen LogP contribution in [0, 0.1) is 0 Å². The average Bonchev–Trinajstić information content (AvgIpc) is 2.54. The van der Waals surface area contributed by atoms with Crippen molar-refractivity contribution in [2.45, 2.75) is 50.4 Å². The summed E-state index contributed by atoms with van der Waals surface area (Å²) in [5, 5.41) is 0. The highest BCUT2D eigenvalue weighted by molar-refractivity contribution is 5.85. The molecule has 2 saturated heterocycles. The third-order valence-electron chi connectivity index (χ3n) is 4.13. The number of rotatable bonds is 2. The molecule has 0 amide bonds. The molecule has 1 aromatic rings. The summed E-state index contributed by atoms with van der Waals surface area (Å²) in [7, 11) is 0. The second-order valence-corrected chi connectivity index (χ2v) is 5.27. The minimum atomic E-state index is 0. The Balaban J connectivity index is 0.00000108. The Kier molecular flexibility index (Phi) is 7.94. The van der Waals surface area contributed by atoms with Crippen molar-refractivity contribution in [2.24, 2.45) is 5.73 Å². The molecule has 19 heavy (non-hydrogen) atoms. The van der Waals surface area contributed by atoms with E-state index in [1.165, 1.54) is 31.2 Å². The number of benzene rings is 1. The lowest BCUT2D eigenvalue weighted by Gasteiger charge is -2.37. The SMILES string of the molecule is Cl.Cl.NC1C[C@H]2CC[C@@H](C1)N2Cc1ccccc1.O. The standard InChI is InChI=1S/C14H20N2.2ClH.H2O/c15-12-8-13-6-7-14(9-12)16(13)10-11-4-2-1-3-5-11;;;/h1-5,12-14H,6-10,15H2;2*1H;1H2/t12?,13-,14+;;;. The van der Waals surface area contributed by atoms with Gasteiger partial charge in [-0.2, -0.15) is 0 Å². The van der Waals surface area contributed by atoms with Crippen molar-refractivity contribution >= 4 is 24.8 Å². The third-order valence-corrected chi connectivity index (χ3v) is 4.13. The maximum atomic E-state index is 6.08. The summed E-state index contributed by atoms with van der Waals surface area (Å²) in [6.45, 7) is 1.11. The molecule has 1 aromatic carbocycles. The van der Waals surface area contributed by atoms with Gasteiger partial charge in [0.2, 0.25) is 0 Å². The highest BCUT2D eigenvalue weighted by atomic mass is 35.5. The second-order valence-electron chi connectivity index (χ2n) is 5.27. The van der Waals surface area contributed by atoms with Crippen molar-refractivity contribution in [2.75, 3.05) is 0 Å². The summed E-state index contributed by atoms with van der Waals surface area (Å²) in [6, 6.07) is 12.7. The summed E-state index contributed by atoms with van der Waals surface area (Å²) < 4.78 is 0. The van der Waals surface area contributed by atoms with E-state index in [4.69, 9.17) is 5.73 Å². The van der Waals surface area contributed by atoms with Gasteiger partial charge in [0.1, 0.15) is 0 Å². The van der Waals surface area contributed by atoms with Crippen LogP contribution in [0.25, 0.3) is 0 Å². The summed E-state index contributed by atoms with van der Waals surface area (Å²) in [4.78, 5) is 2.68. The molecule has 0 aliphatic carbocycles. The number of halogens is 2. The summed E-state index contributed by atoms with van der Waals surface area (Å²) in [5.41, 5.74) is 7.52. The molecule has 0 aromatic heterocycles. The third kappa shape index (κ3) is 4.07. The Bertz CT molecular complexity index is 350. The van der Waals surface area contributed by atoms with Crippen molar-refractivity contribution < 1.29 is 5.48 Å². The lowest BCUT2D eigenvalue weighted by Crippen LogP contribution is -2.46. The number of nitrogens with zero attached hydrogens (tertiary/aromatic N) is 1. The topological polar surface area (TPSA) is 60.8 Å². The van der Waals surface area contributed by atoms with Gasteiger partial charge in [-0.25, -0.2) is 0 Å². The number of fused-ring (bicyclic) bond motifs is 2. The van der Waals surface area contributed by atoms with Crippen LogP contribution in [-0.4, -0.2) is 28.5 Å². The lowest BCUT2D eigenvalue weighted by molar-refractivity contribution is 0.120. The Hall–Kier alpha value is -0.320. The largest absolute Gasteiger partial charge is 0.412 e. The van der Waals surface area contributed by atoms with Crippen LogP contribution in [0.15, 0.2) is 30.3 Å². The smallest absolute Gasteiger partial charge is 0.0239 e. The molecule has 0 radical (unpaired) electrons. The van der Waals surface area contributed by atoms with E-state index in [1.807, 2.05) is 0 Å². The van der Waals surface area contributed by atoms with Crippen LogP contribution in [0.4, 0.5) is 0 Å². The average molecular weight is 307 g/mol. The molecule has 2 heterocycles. The van der Waals surface area contributed by atoms with E-state index >= 15 is 0 Å². The Morgan fingerprint density at radius 2 is 1.53 bits per heavy atom. The molecule has 2 aliphatic heterocycles. The maximum Gasteiger partial charge on any atom is 0.0239 e. The van der Waals surface area contributed by atoms with Gasteiger partial charge >= 0.3 is 0 Å². The fraction of sp³-hybridized carbons (Fsp3) is 0.571. The number of hydrogen-bond acceptors (Lipinski definition) is 2. The molecule has 1 unspecified atom stereocenters. The fourth-order valence-electron chi connectivity index (χ4n) is 3.37. The van der Waals surface area contributed by atoms with Gasteiger partial charge in [0.15, 0.2) is 0 Å². The number of nitrogens with two attached hydrogens (primary N) is 1. The van der Waals surface area contributed by atoms with Crippen LogP contribution in [0.1, 0.15) is 31.2 Å². The van der Waals surface area contributed by atoms with Crippen LogP contribution in [0.2, 0.25) is 0 Å². The van der Waals surface area contributed by atoms with Crippen LogP contribution in [0.5, 0.6) is 0 Å². The van der Waals surface area contributed by atoms with Gasteiger partial charge in [0.25, 0.3) is 0 Å². The molecule has 2 bridgehead atoms. The Morgan fingerprint density at radius 1 is 1.00 bits per heavy atom. The fourth-order valence-corrected chi connectivity index (χ4v) is 3.37. The zero-order chi connectivity index (χ0) is 11.0. The van der Waals surface area contributed by atoms with Crippen molar-refractivity contribution in [3.63, 3.8) is 0 Å². The van der Waals surface area contributed by atoms with Gasteiger partial charge in [-0.1, -0.05) is 30.3 Å². The first-order chi connectivity index (χ1) is 7.83. The minimum absolute atomic E-state index is 0. The second kappa shape index (κ2) is 8.08. The van der Waals surface area contributed by atoms with E-state index in [0.29, 0.717) is 6.04 Å². The molecule has 4 N–H and O–H groups in total. The lowest BCUT2D eigenvalue weighted by atomic mass is 9.97. The van der Waals surface area contributed by atoms with Gasteiger partial charge in [-0.15, -0.1) is 24.8 Å². The summed E-state index contributed by atoms with van der Waals surface area (Å²) in [6.07, 6.45) is 5.10. The van der Waals surface area contributed by atoms with E-state index < -0.39 is 0 Å². The molecular formula is C14H24Cl2N2O. The first kappa shape index (κ1) is 18.7. The molecule has 110 valence electrons. The van der Waals surface area contributed by atoms with E-state index in [1.54, 1.807) is 0 Å². The molecule has 0 spiro atoms. The minimum Gasteiger partial charge on any atom is -0.412 e. The van der Waals surface area contributed by atoms with Crippen molar-refractivity contribution in [3.8, 4) is 0 Å². The van der Waals surface area contributed by atoms with E-state index in [9.17, 15) is 0 Å². The summed E-state index contributed by atoms with van der Waals surface area (Å²) in [5.74, 6) is 0. The van der Waals surface area contributed by atoms with Gasteiger partial charge < -0.3 is 11.2 Å². The predicted octanol–water partition coefficient (Wildman–Crippen LogP) is 2.16. The van der Waals surface area contributed by atoms with Gasteiger partial charge in [-0.3, -0.25) is 4.90 Å². The highest BCUT2D eigenvalue weighted by Crippen LogP contribution is 2.35. The number of piperidine rings is 1. The predicted molar refractivity (Wildman–Crippen MR) is 84.1 cm³/mol. The molecule has 3 nitrogen and oxygen atoms in total. The van der Waals surface area contributed by atoms with Gasteiger partial charge in [-0.05, 0) is 31.2 Å². The molecular weight excluding hydrogens is 283 g/mol. The first-order valence-corrected chi connectivity index (χ1v) is 6.38. The summed E-state index contributed by atoms with van der Waals surface area (Å²) >= 11 is 0. The normalized spacial score (nSPS) is 28.8. The molecule has 2 aliphatic rings. The monoisotopic (exact) mass is 306 g/mol. The number of hydrogen-bond donors (Lipinski definition) is 1. The van der Waals surface area contributed by atoms with E-state index in [2.05, 4.69) is 35.2 Å². The Morgan fingerprint density at radius 3 is 2.05 bits per heavy atom. The Labute approximate surface area is 127 Å². The van der Waals surface area contributed by atoms with Crippen LogP contribution >= 0.6 is 24.8 Å². The van der Waals surface area contributed by atoms with Gasteiger partial charge in [0, 0.05) is 24.7 Å². The van der Waals surface area contributed by atoms with Crippen LogP contribution in [0.3, 0.4) is 0 Å². The first-order valence-electron chi connectivity index (χ1n) is 6.38.